The zero-order chi connectivity index (χ0) is 16.9. The molecule has 0 bridgehead atoms. The number of rotatable bonds is 5. The van der Waals surface area contributed by atoms with Gasteiger partial charge in [-0.2, -0.15) is 0 Å². The molecule has 0 fully saturated rings. The molecular weight excluding hydrogens is 326 g/mol. The van der Waals surface area contributed by atoms with E-state index in [0.29, 0.717) is 17.2 Å². The summed E-state index contributed by atoms with van der Waals surface area (Å²) in [6, 6.07) is 14.7. The van der Waals surface area contributed by atoms with Crippen LogP contribution < -0.4 is 10.1 Å². The Bertz CT molecular complexity index is 864. The average molecular weight is 341 g/mol. The summed E-state index contributed by atoms with van der Waals surface area (Å²) in [5, 5.41) is 10.4. The van der Waals surface area contributed by atoms with Crippen molar-refractivity contribution < 1.29 is 13.9 Å². The SMILES string of the molecule is COc1ccccc1C(=O)Nc1nnc(-c2cccc(SC)c2)o1. The number of amides is 1. The van der Waals surface area contributed by atoms with Gasteiger partial charge in [0.15, 0.2) is 0 Å². The van der Waals surface area contributed by atoms with Crippen molar-refractivity contribution in [2.45, 2.75) is 4.90 Å². The summed E-state index contributed by atoms with van der Waals surface area (Å²) in [6.07, 6.45) is 1.99. The van der Waals surface area contributed by atoms with E-state index in [-0.39, 0.29) is 11.9 Å². The predicted molar refractivity (Wildman–Crippen MR) is 92.5 cm³/mol. The molecule has 0 aliphatic heterocycles. The highest BCUT2D eigenvalue weighted by atomic mass is 32.2. The van der Waals surface area contributed by atoms with Crippen LogP contribution in [0.5, 0.6) is 5.75 Å². The van der Waals surface area contributed by atoms with Gasteiger partial charge < -0.3 is 9.15 Å². The molecule has 0 saturated heterocycles. The zero-order valence-corrected chi connectivity index (χ0v) is 14.0. The Morgan fingerprint density at radius 1 is 1.17 bits per heavy atom. The molecule has 0 radical (unpaired) electrons. The van der Waals surface area contributed by atoms with Gasteiger partial charge >= 0.3 is 6.01 Å². The maximum atomic E-state index is 12.3. The highest BCUT2D eigenvalue weighted by molar-refractivity contribution is 7.98. The van der Waals surface area contributed by atoms with Crippen molar-refractivity contribution in [3.05, 3.63) is 54.1 Å². The molecule has 24 heavy (non-hydrogen) atoms. The van der Waals surface area contributed by atoms with E-state index in [1.54, 1.807) is 36.0 Å². The van der Waals surface area contributed by atoms with Gasteiger partial charge in [0.25, 0.3) is 5.91 Å². The summed E-state index contributed by atoms with van der Waals surface area (Å²) >= 11 is 1.62. The fraction of sp³-hybridized carbons (Fsp3) is 0.118. The molecule has 7 heteroatoms. The third-order valence-corrected chi connectivity index (χ3v) is 4.04. The lowest BCUT2D eigenvalue weighted by Gasteiger charge is -2.06. The van der Waals surface area contributed by atoms with Crippen LogP contribution in [0.25, 0.3) is 11.5 Å². The van der Waals surface area contributed by atoms with Crippen molar-refractivity contribution in [1.29, 1.82) is 0 Å². The Hall–Kier alpha value is -2.80. The van der Waals surface area contributed by atoms with E-state index in [1.807, 2.05) is 30.5 Å². The summed E-state index contributed by atoms with van der Waals surface area (Å²) in [7, 11) is 1.51. The van der Waals surface area contributed by atoms with Crippen LogP contribution in [0.4, 0.5) is 6.01 Å². The smallest absolute Gasteiger partial charge is 0.322 e. The number of nitrogens with one attached hydrogen (secondary N) is 1. The molecule has 6 nitrogen and oxygen atoms in total. The Kier molecular flexibility index (Phi) is 4.81. The van der Waals surface area contributed by atoms with Crippen LogP contribution in [0, 0.1) is 0 Å². The number of aromatic nitrogens is 2. The standard InChI is InChI=1S/C17H15N3O3S/c1-22-14-9-4-3-8-13(14)15(21)18-17-20-19-16(23-17)11-6-5-7-12(10-11)24-2/h3-10H,1-2H3,(H,18,20,21). The normalized spacial score (nSPS) is 10.4. The monoisotopic (exact) mass is 341 g/mol. The number of hydrogen-bond donors (Lipinski definition) is 1. The van der Waals surface area contributed by atoms with E-state index in [1.165, 1.54) is 7.11 Å². The van der Waals surface area contributed by atoms with Crippen LogP contribution >= 0.6 is 11.8 Å². The molecule has 0 unspecified atom stereocenters. The number of ether oxygens (including phenoxy) is 1. The first-order chi connectivity index (χ1) is 11.7. The van der Waals surface area contributed by atoms with Crippen molar-refractivity contribution in [1.82, 2.24) is 10.2 Å². The largest absolute Gasteiger partial charge is 0.496 e. The number of nitrogens with zero attached hydrogens (tertiary/aromatic N) is 2. The second-order valence-electron chi connectivity index (χ2n) is 4.80. The minimum absolute atomic E-state index is 0.0375. The van der Waals surface area contributed by atoms with Gasteiger partial charge in [-0.3, -0.25) is 10.1 Å². The number of benzene rings is 2. The minimum Gasteiger partial charge on any atom is -0.496 e. The number of carbonyl (C=O) groups excluding carboxylic acids is 1. The quantitative estimate of drug-likeness (QED) is 0.713. The molecule has 2 aromatic carbocycles. The number of carbonyl (C=O) groups is 1. The summed E-state index contributed by atoms with van der Waals surface area (Å²) < 4.78 is 10.7. The first-order valence-electron chi connectivity index (χ1n) is 7.13. The topological polar surface area (TPSA) is 77.2 Å². The lowest BCUT2D eigenvalue weighted by atomic mass is 10.2. The van der Waals surface area contributed by atoms with Gasteiger partial charge in [0.05, 0.1) is 12.7 Å². The molecule has 122 valence electrons. The Morgan fingerprint density at radius 3 is 2.79 bits per heavy atom. The lowest BCUT2D eigenvalue weighted by Crippen LogP contribution is -2.13. The Morgan fingerprint density at radius 2 is 2.00 bits per heavy atom. The van der Waals surface area contributed by atoms with Crippen LogP contribution in [-0.4, -0.2) is 29.5 Å². The first kappa shape index (κ1) is 16.1. The molecule has 0 atom stereocenters. The summed E-state index contributed by atoms with van der Waals surface area (Å²) in [4.78, 5) is 13.4. The Balaban J connectivity index is 1.79. The van der Waals surface area contributed by atoms with Gasteiger partial charge in [-0.25, -0.2) is 0 Å². The number of hydrogen-bond acceptors (Lipinski definition) is 6. The maximum absolute atomic E-state index is 12.3. The van der Waals surface area contributed by atoms with Crippen molar-refractivity contribution in [3.63, 3.8) is 0 Å². The summed E-state index contributed by atoms with van der Waals surface area (Å²) in [5.41, 5.74) is 1.19. The molecule has 0 aliphatic rings. The summed E-state index contributed by atoms with van der Waals surface area (Å²) in [6.45, 7) is 0. The molecular formula is C17H15N3O3S. The predicted octanol–water partition coefficient (Wildman–Crippen LogP) is 3.72. The fourth-order valence-corrected chi connectivity index (χ4v) is 2.60. The van der Waals surface area contributed by atoms with E-state index < -0.39 is 0 Å². The number of para-hydroxylation sites is 1. The Labute approximate surface area is 143 Å². The van der Waals surface area contributed by atoms with Gasteiger partial charge in [-0.15, -0.1) is 16.9 Å². The van der Waals surface area contributed by atoms with Gasteiger partial charge in [0, 0.05) is 10.5 Å². The second-order valence-corrected chi connectivity index (χ2v) is 5.68. The van der Waals surface area contributed by atoms with E-state index in [9.17, 15) is 4.79 Å². The molecule has 3 rings (SSSR count). The number of thioether (sulfide) groups is 1. The zero-order valence-electron chi connectivity index (χ0n) is 13.1. The lowest BCUT2D eigenvalue weighted by molar-refractivity contribution is 0.102. The van der Waals surface area contributed by atoms with Gasteiger partial charge in [0.1, 0.15) is 5.75 Å². The maximum Gasteiger partial charge on any atom is 0.322 e. The van der Waals surface area contributed by atoms with Gasteiger partial charge in [0.2, 0.25) is 5.89 Å². The molecule has 1 N–H and O–H groups in total. The number of anilines is 1. The van der Waals surface area contributed by atoms with Crippen molar-refractivity contribution >= 4 is 23.7 Å². The molecule has 0 aliphatic carbocycles. The highest BCUT2D eigenvalue weighted by Gasteiger charge is 2.15. The van der Waals surface area contributed by atoms with E-state index in [2.05, 4.69) is 15.5 Å². The van der Waals surface area contributed by atoms with Crippen molar-refractivity contribution in [3.8, 4) is 17.2 Å². The van der Waals surface area contributed by atoms with Gasteiger partial charge in [-0.05, 0) is 36.6 Å². The molecule has 0 spiro atoms. The third kappa shape index (κ3) is 3.41. The minimum atomic E-state index is -0.375. The second kappa shape index (κ2) is 7.18. The van der Waals surface area contributed by atoms with Crippen LogP contribution in [0.15, 0.2) is 57.8 Å². The first-order valence-corrected chi connectivity index (χ1v) is 8.36. The van der Waals surface area contributed by atoms with Crippen LogP contribution in [0.2, 0.25) is 0 Å². The third-order valence-electron chi connectivity index (χ3n) is 3.31. The van der Waals surface area contributed by atoms with E-state index in [4.69, 9.17) is 9.15 Å². The van der Waals surface area contributed by atoms with Crippen molar-refractivity contribution in [2.75, 3.05) is 18.7 Å². The summed E-state index contributed by atoms with van der Waals surface area (Å²) in [5.74, 6) is 0.448. The van der Waals surface area contributed by atoms with E-state index in [0.717, 1.165) is 10.5 Å². The average Bonchev–Trinajstić information content (AvgIpc) is 3.10. The molecule has 1 amide bonds. The molecule has 1 aromatic heterocycles. The molecule has 1 heterocycles. The number of methoxy groups -OCH3 is 1. The van der Waals surface area contributed by atoms with Gasteiger partial charge in [-0.1, -0.05) is 23.3 Å². The van der Waals surface area contributed by atoms with Crippen LogP contribution in [0.3, 0.4) is 0 Å². The van der Waals surface area contributed by atoms with Crippen LogP contribution in [0.1, 0.15) is 10.4 Å². The van der Waals surface area contributed by atoms with Crippen LogP contribution in [-0.2, 0) is 0 Å². The van der Waals surface area contributed by atoms with Crippen molar-refractivity contribution in [2.24, 2.45) is 0 Å². The molecule has 0 saturated carbocycles. The highest BCUT2D eigenvalue weighted by Crippen LogP contribution is 2.25. The fourth-order valence-electron chi connectivity index (χ4n) is 2.14. The van der Waals surface area contributed by atoms with E-state index >= 15 is 0 Å². The molecule has 3 aromatic rings.